The molecule has 0 unspecified atom stereocenters. The number of Topliss-reactive ketones (excluding diaryl/α,β-unsaturated/α-hetero) is 1. The van der Waals surface area contributed by atoms with Crippen LogP contribution >= 0.6 is 0 Å². The van der Waals surface area contributed by atoms with Crippen LogP contribution in [0.3, 0.4) is 0 Å². The van der Waals surface area contributed by atoms with Crippen molar-refractivity contribution in [3.8, 4) is 0 Å². The quantitative estimate of drug-likeness (QED) is 0.642. The van der Waals surface area contributed by atoms with Crippen molar-refractivity contribution in [2.24, 2.45) is 0 Å². The Morgan fingerprint density at radius 3 is 1.84 bits per heavy atom. The van der Waals surface area contributed by atoms with E-state index >= 15 is 0 Å². The first-order chi connectivity index (χ1) is 15.4. The van der Waals surface area contributed by atoms with E-state index in [4.69, 9.17) is 9.47 Å². The van der Waals surface area contributed by atoms with Crippen LogP contribution in [0.1, 0.15) is 48.3 Å². The standard InChI is InChI=1S/C27H36N2O3/c1-27(2,3)23-11-9-22(10-12-23)26(30)25(29-15-19-32-20-16-29)24(21-7-5-4-6-8-21)28-13-17-31-18-14-28/h4-12,24-25H,13-20H2,1-3H3/t24-,25+/m0/s1. The number of benzene rings is 2. The Labute approximate surface area is 192 Å². The molecule has 2 heterocycles. The highest BCUT2D eigenvalue weighted by molar-refractivity contribution is 6.00. The van der Waals surface area contributed by atoms with Crippen LogP contribution in [0.25, 0.3) is 0 Å². The molecule has 0 N–H and O–H groups in total. The van der Waals surface area contributed by atoms with E-state index in [9.17, 15) is 4.79 Å². The van der Waals surface area contributed by atoms with Gasteiger partial charge in [-0.05, 0) is 16.5 Å². The van der Waals surface area contributed by atoms with Crippen molar-refractivity contribution in [2.45, 2.75) is 38.3 Å². The average molecular weight is 437 g/mol. The number of rotatable bonds is 6. The predicted octanol–water partition coefficient (Wildman–Crippen LogP) is 3.94. The van der Waals surface area contributed by atoms with Gasteiger partial charge in [-0.3, -0.25) is 14.6 Å². The maximum atomic E-state index is 14.1. The van der Waals surface area contributed by atoms with Crippen molar-refractivity contribution in [1.29, 1.82) is 0 Å². The Morgan fingerprint density at radius 2 is 1.31 bits per heavy atom. The molecule has 2 atom stereocenters. The van der Waals surface area contributed by atoms with Gasteiger partial charge in [-0.1, -0.05) is 75.4 Å². The number of carbonyl (C=O) groups excluding carboxylic acids is 1. The zero-order valence-corrected chi connectivity index (χ0v) is 19.6. The summed E-state index contributed by atoms with van der Waals surface area (Å²) in [5.41, 5.74) is 3.27. The third-order valence-corrected chi connectivity index (χ3v) is 6.62. The number of nitrogens with zero attached hydrogens (tertiary/aromatic N) is 2. The zero-order valence-electron chi connectivity index (χ0n) is 19.6. The molecule has 5 nitrogen and oxygen atoms in total. The van der Waals surface area contributed by atoms with Gasteiger partial charge in [0.1, 0.15) is 0 Å². The Balaban J connectivity index is 1.73. The number of carbonyl (C=O) groups is 1. The molecule has 2 saturated heterocycles. The molecule has 4 rings (SSSR count). The molecule has 5 heteroatoms. The molecule has 2 fully saturated rings. The van der Waals surface area contributed by atoms with Crippen LogP contribution in [0.5, 0.6) is 0 Å². The minimum atomic E-state index is -0.264. The fourth-order valence-electron chi connectivity index (χ4n) is 4.77. The van der Waals surface area contributed by atoms with Gasteiger partial charge in [-0.25, -0.2) is 0 Å². The normalized spacial score (nSPS) is 20.6. The maximum Gasteiger partial charge on any atom is 0.181 e. The number of morpholine rings is 2. The number of hydrogen-bond acceptors (Lipinski definition) is 5. The smallest absolute Gasteiger partial charge is 0.181 e. The van der Waals surface area contributed by atoms with E-state index in [1.807, 2.05) is 18.2 Å². The molecule has 0 amide bonds. The second kappa shape index (κ2) is 10.3. The summed E-state index contributed by atoms with van der Waals surface area (Å²) in [6, 6.07) is 18.4. The van der Waals surface area contributed by atoms with Gasteiger partial charge in [0.25, 0.3) is 0 Å². The highest BCUT2D eigenvalue weighted by atomic mass is 16.5. The van der Waals surface area contributed by atoms with Crippen LogP contribution in [0.15, 0.2) is 54.6 Å². The lowest BCUT2D eigenvalue weighted by Crippen LogP contribution is -2.55. The van der Waals surface area contributed by atoms with Gasteiger partial charge < -0.3 is 9.47 Å². The highest BCUT2D eigenvalue weighted by Gasteiger charge is 2.39. The van der Waals surface area contributed by atoms with E-state index in [2.05, 4.69) is 67.0 Å². The fourth-order valence-corrected chi connectivity index (χ4v) is 4.77. The summed E-state index contributed by atoms with van der Waals surface area (Å²) in [6.45, 7) is 12.5. The van der Waals surface area contributed by atoms with Crippen LogP contribution in [-0.4, -0.2) is 74.2 Å². The summed E-state index contributed by atoms with van der Waals surface area (Å²) >= 11 is 0. The number of ketones is 1. The van der Waals surface area contributed by atoms with Crippen LogP contribution in [0.4, 0.5) is 0 Å². The first-order valence-electron chi connectivity index (χ1n) is 11.8. The third kappa shape index (κ3) is 5.29. The first kappa shape index (κ1) is 23.1. The summed E-state index contributed by atoms with van der Waals surface area (Å²) in [5, 5.41) is 0. The van der Waals surface area contributed by atoms with E-state index in [0.717, 1.165) is 31.7 Å². The summed E-state index contributed by atoms with van der Waals surface area (Å²) in [6.07, 6.45) is 0. The number of ether oxygens (including phenoxy) is 2. The van der Waals surface area contributed by atoms with E-state index in [1.165, 1.54) is 11.1 Å². The molecule has 2 aromatic carbocycles. The zero-order chi connectivity index (χ0) is 22.6. The average Bonchev–Trinajstić information content (AvgIpc) is 2.83. The molecule has 0 aromatic heterocycles. The van der Waals surface area contributed by atoms with Crippen molar-refractivity contribution in [1.82, 2.24) is 9.80 Å². The molecule has 172 valence electrons. The van der Waals surface area contributed by atoms with Gasteiger partial charge in [0.05, 0.1) is 38.5 Å². The van der Waals surface area contributed by atoms with Crippen LogP contribution in [0.2, 0.25) is 0 Å². The van der Waals surface area contributed by atoms with E-state index in [1.54, 1.807) is 0 Å². The Hall–Kier alpha value is -2.05. The van der Waals surface area contributed by atoms with Crippen molar-refractivity contribution < 1.29 is 14.3 Å². The molecule has 32 heavy (non-hydrogen) atoms. The van der Waals surface area contributed by atoms with Gasteiger partial charge in [-0.2, -0.15) is 0 Å². The molecule has 2 aromatic rings. The molecule has 2 aliphatic rings. The fraction of sp³-hybridized carbons (Fsp3) is 0.519. The van der Waals surface area contributed by atoms with Crippen molar-refractivity contribution in [3.63, 3.8) is 0 Å². The molecule has 2 aliphatic heterocycles. The monoisotopic (exact) mass is 436 g/mol. The Morgan fingerprint density at radius 1 is 0.781 bits per heavy atom. The molecular formula is C27H36N2O3. The molecule has 0 radical (unpaired) electrons. The Kier molecular flexibility index (Phi) is 7.41. The summed E-state index contributed by atoms with van der Waals surface area (Å²) < 4.78 is 11.3. The van der Waals surface area contributed by atoms with Crippen LogP contribution in [-0.2, 0) is 14.9 Å². The minimum Gasteiger partial charge on any atom is -0.379 e. The first-order valence-corrected chi connectivity index (χ1v) is 11.8. The van der Waals surface area contributed by atoms with Gasteiger partial charge in [0, 0.05) is 31.7 Å². The maximum absolute atomic E-state index is 14.1. The van der Waals surface area contributed by atoms with Crippen LogP contribution in [0, 0.1) is 0 Å². The third-order valence-electron chi connectivity index (χ3n) is 6.62. The van der Waals surface area contributed by atoms with Crippen molar-refractivity contribution in [3.05, 3.63) is 71.3 Å². The highest BCUT2D eigenvalue weighted by Crippen LogP contribution is 2.32. The topological polar surface area (TPSA) is 42.0 Å². The second-order valence-corrected chi connectivity index (χ2v) is 9.79. The molecular weight excluding hydrogens is 400 g/mol. The van der Waals surface area contributed by atoms with Crippen molar-refractivity contribution in [2.75, 3.05) is 52.6 Å². The Bertz CT molecular complexity index is 864. The number of hydrogen-bond donors (Lipinski definition) is 0. The predicted molar refractivity (Wildman–Crippen MR) is 127 cm³/mol. The summed E-state index contributed by atoms with van der Waals surface area (Å²) in [4.78, 5) is 18.9. The van der Waals surface area contributed by atoms with Crippen molar-refractivity contribution >= 4 is 5.78 Å². The molecule has 0 aliphatic carbocycles. The lowest BCUT2D eigenvalue weighted by molar-refractivity contribution is -0.0301. The summed E-state index contributed by atoms with van der Waals surface area (Å²) in [5.74, 6) is 0.188. The lowest BCUT2D eigenvalue weighted by Gasteiger charge is -2.44. The molecule has 0 spiro atoms. The van der Waals surface area contributed by atoms with E-state index < -0.39 is 0 Å². The van der Waals surface area contributed by atoms with Crippen LogP contribution < -0.4 is 0 Å². The van der Waals surface area contributed by atoms with E-state index in [0.29, 0.717) is 26.4 Å². The largest absolute Gasteiger partial charge is 0.379 e. The lowest BCUT2D eigenvalue weighted by atomic mass is 9.85. The second-order valence-electron chi connectivity index (χ2n) is 9.79. The van der Waals surface area contributed by atoms with Gasteiger partial charge in [0.15, 0.2) is 5.78 Å². The van der Waals surface area contributed by atoms with Gasteiger partial charge in [-0.15, -0.1) is 0 Å². The SMILES string of the molecule is CC(C)(C)c1ccc(C(=O)[C@@H]([C@H](c2ccccc2)N2CCOCC2)N2CCOCC2)cc1. The summed E-state index contributed by atoms with van der Waals surface area (Å²) in [7, 11) is 0. The molecule has 0 saturated carbocycles. The minimum absolute atomic E-state index is 0.0204. The van der Waals surface area contributed by atoms with Gasteiger partial charge in [0.2, 0.25) is 0 Å². The molecule has 0 bridgehead atoms. The van der Waals surface area contributed by atoms with E-state index in [-0.39, 0.29) is 23.3 Å². The van der Waals surface area contributed by atoms with Gasteiger partial charge >= 0.3 is 0 Å².